The van der Waals surface area contributed by atoms with Crippen LogP contribution in [0.4, 0.5) is 0 Å². The van der Waals surface area contributed by atoms with Crippen molar-refractivity contribution in [1.29, 1.82) is 0 Å². The van der Waals surface area contributed by atoms with Crippen LogP contribution in [0.2, 0.25) is 0 Å². The van der Waals surface area contributed by atoms with Crippen molar-refractivity contribution in [1.82, 2.24) is 10.3 Å². The molecule has 2 nitrogen and oxygen atoms in total. The first-order valence-electron chi connectivity index (χ1n) is 7.06. The molecule has 0 radical (unpaired) electrons. The number of aryl methyl sites for hydroxylation is 1. The van der Waals surface area contributed by atoms with Gasteiger partial charge >= 0.3 is 0 Å². The fourth-order valence-electron chi connectivity index (χ4n) is 2.33. The van der Waals surface area contributed by atoms with Crippen LogP contribution in [0.25, 0.3) is 10.6 Å². The number of hydrogen-bond donors (Lipinski definition) is 1. The van der Waals surface area contributed by atoms with Crippen LogP contribution in [0.5, 0.6) is 0 Å². The second kappa shape index (κ2) is 5.43. The van der Waals surface area contributed by atoms with Crippen LogP contribution >= 0.6 is 11.3 Å². The van der Waals surface area contributed by atoms with Gasteiger partial charge in [0.05, 0.1) is 5.69 Å². The molecule has 0 saturated heterocycles. The van der Waals surface area contributed by atoms with Crippen molar-refractivity contribution in [2.75, 3.05) is 6.54 Å². The lowest BCUT2D eigenvalue weighted by atomic mass is 10.1. The summed E-state index contributed by atoms with van der Waals surface area (Å²) in [4.78, 5) is 6.37. The number of nitrogens with zero attached hydrogens (tertiary/aromatic N) is 1. The molecule has 100 valence electrons. The minimum Gasteiger partial charge on any atom is -0.312 e. The van der Waals surface area contributed by atoms with E-state index in [-0.39, 0.29) is 0 Å². The normalized spacial score (nSPS) is 14.8. The Hall–Kier alpha value is -1.19. The standard InChI is InChI=1S/C16H20N2S/c1-3-17-10-14-15(12-8-9-12)18-16(19-14)13-7-5-4-6-11(13)2/h4-7,12,17H,3,8-10H2,1-2H3. The van der Waals surface area contributed by atoms with Gasteiger partial charge in [-0.15, -0.1) is 11.3 Å². The molecule has 3 heteroatoms. The molecule has 1 N–H and O–H groups in total. The molecule has 2 aromatic rings. The highest BCUT2D eigenvalue weighted by atomic mass is 32.1. The smallest absolute Gasteiger partial charge is 0.124 e. The highest BCUT2D eigenvalue weighted by Gasteiger charge is 2.29. The van der Waals surface area contributed by atoms with Crippen LogP contribution < -0.4 is 5.32 Å². The van der Waals surface area contributed by atoms with E-state index in [1.54, 1.807) is 0 Å². The number of aromatic nitrogens is 1. The second-order valence-electron chi connectivity index (χ2n) is 5.20. The van der Waals surface area contributed by atoms with Crippen molar-refractivity contribution in [3.05, 3.63) is 40.4 Å². The predicted octanol–water partition coefficient (Wildman–Crippen LogP) is 4.11. The molecule has 1 saturated carbocycles. The third kappa shape index (κ3) is 2.72. The second-order valence-corrected chi connectivity index (χ2v) is 6.28. The van der Waals surface area contributed by atoms with Crippen molar-refractivity contribution in [2.45, 2.75) is 39.2 Å². The number of nitrogens with one attached hydrogen (secondary N) is 1. The van der Waals surface area contributed by atoms with Crippen LogP contribution in [-0.4, -0.2) is 11.5 Å². The molecule has 0 bridgehead atoms. The first-order chi connectivity index (χ1) is 9.29. The lowest BCUT2D eigenvalue weighted by molar-refractivity contribution is 0.727. The maximum absolute atomic E-state index is 4.93. The van der Waals surface area contributed by atoms with Crippen LogP contribution in [-0.2, 0) is 6.54 Å². The van der Waals surface area contributed by atoms with Gasteiger partial charge in [0.15, 0.2) is 0 Å². The Kier molecular flexibility index (Phi) is 3.67. The zero-order valence-electron chi connectivity index (χ0n) is 11.6. The third-order valence-corrected chi connectivity index (χ3v) is 4.71. The van der Waals surface area contributed by atoms with Crippen LogP contribution in [0.3, 0.4) is 0 Å². The summed E-state index contributed by atoms with van der Waals surface area (Å²) in [6.07, 6.45) is 2.63. The predicted molar refractivity (Wildman–Crippen MR) is 81.6 cm³/mol. The molecule has 0 aliphatic heterocycles. The highest BCUT2D eigenvalue weighted by molar-refractivity contribution is 7.15. The van der Waals surface area contributed by atoms with Crippen LogP contribution in [0.15, 0.2) is 24.3 Å². The summed E-state index contributed by atoms with van der Waals surface area (Å²) in [5, 5.41) is 4.63. The van der Waals surface area contributed by atoms with Crippen molar-refractivity contribution in [3.8, 4) is 10.6 Å². The van der Waals surface area contributed by atoms with E-state index in [0.717, 1.165) is 19.0 Å². The summed E-state index contributed by atoms with van der Waals surface area (Å²) in [5.74, 6) is 0.725. The summed E-state index contributed by atoms with van der Waals surface area (Å²) in [7, 11) is 0. The minimum atomic E-state index is 0.725. The van der Waals surface area contributed by atoms with E-state index in [9.17, 15) is 0 Å². The molecule has 19 heavy (non-hydrogen) atoms. The van der Waals surface area contributed by atoms with Gasteiger partial charge in [-0.2, -0.15) is 0 Å². The largest absolute Gasteiger partial charge is 0.312 e. The minimum absolute atomic E-state index is 0.725. The lowest BCUT2D eigenvalue weighted by Crippen LogP contribution is -2.11. The van der Waals surface area contributed by atoms with Crippen LogP contribution in [0.1, 0.15) is 41.8 Å². The number of benzene rings is 1. The molecule has 1 fully saturated rings. The van der Waals surface area contributed by atoms with E-state index in [4.69, 9.17) is 4.98 Å². The van der Waals surface area contributed by atoms with Gasteiger partial charge in [-0.3, -0.25) is 0 Å². The molecule has 1 aliphatic carbocycles. The zero-order chi connectivity index (χ0) is 13.2. The average molecular weight is 272 g/mol. The van der Waals surface area contributed by atoms with Gasteiger partial charge in [-0.25, -0.2) is 4.98 Å². The molecule has 0 amide bonds. The maximum atomic E-state index is 4.93. The van der Waals surface area contributed by atoms with E-state index >= 15 is 0 Å². The molecule has 3 rings (SSSR count). The average Bonchev–Trinajstić information content (AvgIpc) is 3.18. The van der Waals surface area contributed by atoms with Gasteiger partial charge in [0.1, 0.15) is 5.01 Å². The summed E-state index contributed by atoms with van der Waals surface area (Å²) < 4.78 is 0. The van der Waals surface area contributed by atoms with Crippen molar-refractivity contribution < 1.29 is 0 Å². The third-order valence-electron chi connectivity index (χ3n) is 3.60. The van der Waals surface area contributed by atoms with E-state index in [2.05, 4.69) is 43.4 Å². The molecule has 0 unspecified atom stereocenters. The summed E-state index contributed by atoms with van der Waals surface area (Å²) >= 11 is 1.86. The maximum Gasteiger partial charge on any atom is 0.124 e. The van der Waals surface area contributed by atoms with Gasteiger partial charge < -0.3 is 5.32 Å². The monoisotopic (exact) mass is 272 g/mol. The van der Waals surface area contributed by atoms with Gasteiger partial charge in [0.2, 0.25) is 0 Å². The Morgan fingerprint density at radius 1 is 1.32 bits per heavy atom. The van der Waals surface area contributed by atoms with E-state index in [1.165, 1.54) is 39.5 Å². The number of thiazole rings is 1. The number of hydrogen-bond acceptors (Lipinski definition) is 3. The highest BCUT2D eigenvalue weighted by Crippen LogP contribution is 2.44. The Balaban J connectivity index is 1.96. The summed E-state index contributed by atoms with van der Waals surface area (Å²) in [6, 6.07) is 8.54. The van der Waals surface area contributed by atoms with E-state index in [1.807, 2.05) is 11.3 Å². The van der Waals surface area contributed by atoms with Gasteiger partial charge in [-0.1, -0.05) is 31.2 Å². The van der Waals surface area contributed by atoms with Crippen molar-refractivity contribution >= 4 is 11.3 Å². The first kappa shape index (κ1) is 12.8. The zero-order valence-corrected chi connectivity index (χ0v) is 12.4. The molecular weight excluding hydrogens is 252 g/mol. The molecule has 0 atom stereocenters. The molecule has 1 aromatic heterocycles. The fourth-order valence-corrected chi connectivity index (χ4v) is 3.54. The van der Waals surface area contributed by atoms with Gasteiger partial charge in [-0.05, 0) is 31.9 Å². The molecular formula is C16H20N2S. The summed E-state index contributed by atoms with van der Waals surface area (Å²) in [5.41, 5.74) is 3.95. The fraction of sp³-hybridized carbons (Fsp3) is 0.438. The van der Waals surface area contributed by atoms with E-state index < -0.39 is 0 Å². The summed E-state index contributed by atoms with van der Waals surface area (Å²) in [6.45, 7) is 6.30. The molecule has 1 aliphatic rings. The number of rotatable bonds is 5. The van der Waals surface area contributed by atoms with Crippen molar-refractivity contribution in [3.63, 3.8) is 0 Å². The van der Waals surface area contributed by atoms with Crippen molar-refractivity contribution in [2.24, 2.45) is 0 Å². The molecule has 1 heterocycles. The van der Waals surface area contributed by atoms with Gasteiger partial charge in [0, 0.05) is 22.9 Å². The Morgan fingerprint density at radius 2 is 2.11 bits per heavy atom. The Morgan fingerprint density at radius 3 is 2.79 bits per heavy atom. The molecule has 0 spiro atoms. The quantitative estimate of drug-likeness (QED) is 0.886. The SMILES string of the molecule is CCNCc1sc(-c2ccccc2C)nc1C1CC1. The first-order valence-corrected chi connectivity index (χ1v) is 7.87. The lowest BCUT2D eigenvalue weighted by Gasteiger charge is -2.00. The van der Waals surface area contributed by atoms with Crippen LogP contribution in [0, 0.1) is 6.92 Å². The van der Waals surface area contributed by atoms with E-state index in [0.29, 0.717) is 0 Å². The molecule has 1 aromatic carbocycles. The van der Waals surface area contributed by atoms with Gasteiger partial charge in [0.25, 0.3) is 0 Å². The Bertz CT molecular complexity index is 570. The topological polar surface area (TPSA) is 24.9 Å². The Labute approximate surface area is 118 Å².